The van der Waals surface area contributed by atoms with Crippen LogP contribution in [0.2, 0.25) is 0 Å². The topological polar surface area (TPSA) is 78.9 Å². The van der Waals surface area contributed by atoms with E-state index >= 15 is 0 Å². The van der Waals surface area contributed by atoms with Crippen molar-refractivity contribution in [2.45, 2.75) is 329 Å². The SMILES string of the molecule is CC/C=C\C/C=C\C/C=C\C/C=C\CCCCCCCCCCCCC(=O)OCC(COC(=O)CCCCCCCCC/C=C\CCCCCCCCC)OC(=O)CCCCCCCCCC/C=C\C/C=C\C/C=C\C/C=C\CC. The van der Waals surface area contributed by atoms with Crippen LogP contribution in [0.25, 0.3) is 0 Å². The van der Waals surface area contributed by atoms with E-state index in [0.717, 1.165) is 116 Å². The molecule has 0 saturated carbocycles. The molecular weight excluding hydrogens is 985 g/mol. The van der Waals surface area contributed by atoms with E-state index in [1.54, 1.807) is 0 Å². The Labute approximate surface area is 495 Å². The van der Waals surface area contributed by atoms with Crippen LogP contribution in [0.5, 0.6) is 0 Å². The van der Waals surface area contributed by atoms with Gasteiger partial charge in [0.15, 0.2) is 6.10 Å². The van der Waals surface area contributed by atoms with E-state index < -0.39 is 6.10 Å². The number of esters is 3. The lowest BCUT2D eigenvalue weighted by molar-refractivity contribution is -0.167. The molecule has 0 bridgehead atoms. The van der Waals surface area contributed by atoms with E-state index in [1.807, 2.05) is 0 Å². The van der Waals surface area contributed by atoms with Crippen LogP contribution < -0.4 is 0 Å². The first-order valence-electron chi connectivity index (χ1n) is 33.9. The predicted molar refractivity (Wildman–Crippen MR) is 348 cm³/mol. The third kappa shape index (κ3) is 64.9. The van der Waals surface area contributed by atoms with Gasteiger partial charge in [-0.1, -0.05) is 291 Å². The summed E-state index contributed by atoms with van der Waals surface area (Å²) in [6.07, 6.45) is 92.3. The molecule has 80 heavy (non-hydrogen) atoms. The first-order chi connectivity index (χ1) is 39.5. The van der Waals surface area contributed by atoms with Gasteiger partial charge in [0.25, 0.3) is 0 Å². The molecule has 458 valence electrons. The Morgan fingerprint density at radius 3 is 0.775 bits per heavy atom. The average Bonchev–Trinajstić information content (AvgIpc) is 3.46. The molecule has 0 N–H and O–H groups in total. The van der Waals surface area contributed by atoms with Crippen LogP contribution >= 0.6 is 0 Å². The minimum absolute atomic E-state index is 0.0844. The number of hydrogen-bond donors (Lipinski definition) is 0. The highest BCUT2D eigenvalue weighted by Crippen LogP contribution is 2.16. The Morgan fingerprint density at radius 2 is 0.487 bits per heavy atom. The number of unbranched alkanes of at least 4 members (excludes halogenated alkanes) is 32. The maximum absolute atomic E-state index is 13.0. The molecule has 0 heterocycles. The molecule has 0 spiro atoms. The fraction of sp³-hybridized carbons (Fsp3) is 0.716. The van der Waals surface area contributed by atoms with Crippen molar-refractivity contribution in [2.75, 3.05) is 13.2 Å². The van der Waals surface area contributed by atoms with Crippen molar-refractivity contribution in [1.29, 1.82) is 0 Å². The summed E-state index contributed by atoms with van der Waals surface area (Å²) in [6, 6.07) is 0. The van der Waals surface area contributed by atoms with E-state index in [1.165, 1.54) is 167 Å². The fourth-order valence-electron chi connectivity index (χ4n) is 9.48. The third-order valence-corrected chi connectivity index (χ3v) is 14.5. The van der Waals surface area contributed by atoms with Crippen molar-refractivity contribution in [2.24, 2.45) is 0 Å². The van der Waals surface area contributed by atoms with Crippen molar-refractivity contribution in [3.05, 3.63) is 109 Å². The largest absolute Gasteiger partial charge is 0.462 e. The van der Waals surface area contributed by atoms with Crippen molar-refractivity contribution >= 4 is 17.9 Å². The number of ether oxygens (including phenoxy) is 3. The van der Waals surface area contributed by atoms with Crippen LogP contribution in [0.4, 0.5) is 0 Å². The predicted octanol–water partition coefficient (Wildman–Crippen LogP) is 23.4. The van der Waals surface area contributed by atoms with Crippen molar-refractivity contribution in [3.8, 4) is 0 Å². The zero-order valence-electron chi connectivity index (χ0n) is 52.6. The summed E-state index contributed by atoms with van der Waals surface area (Å²) in [7, 11) is 0. The summed E-state index contributed by atoms with van der Waals surface area (Å²) in [5.41, 5.74) is 0. The maximum atomic E-state index is 13.0. The minimum atomic E-state index is -0.790. The quantitative estimate of drug-likeness (QED) is 0.0261. The highest BCUT2D eigenvalue weighted by Gasteiger charge is 2.19. The molecule has 0 aromatic rings. The maximum Gasteiger partial charge on any atom is 0.306 e. The lowest BCUT2D eigenvalue weighted by atomic mass is 10.1. The monoisotopic (exact) mass is 1110 g/mol. The van der Waals surface area contributed by atoms with Crippen molar-refractivity contribution < 1.29 is 28.6 Å². The molecule has 0 aliphatic rings. The molecule has 0 aliphatic carbocycles. The van der Waals surface area contributed by atoms with Crippen LogP contribution in [-0.4, -0.2) is 37.2 Å². The van der Waals surface area contributed by atoms with Crippen LogP contribution in [-0.2, 0) is 28.6 Å². The zero-order valence-corrected chi connectivity index (χ0v) is 52.6. The van der Waals surface area contributed by atoms with Gasteiger partial charge in [0, 0.05) is 19.3 Å². The van der Waals surface area contributed by atoms with Gasteiger partial charge in [-0.05, 0) is 122 Å². The minimum Gasteiger partial charge on any atom is -0.462 e. The van der Waals surface area contributed by atoms with E-state index in [-0.39, 0.29) is 31.1 Å². The Bertz CT molecular complexity index is 1610. The third-order valence-electron chi connectivity index (χ3n) is 14.5. The van der Waals surface area contributed by atoms with Crippen LogP contribution in [0.3, 0.4) is 0 Å². The molecule has 0 saturated heterocycles. The molecule has 0 fully saturated rings. The summed E-state index contributed by atoms with van der Waals surface area (Å²) in [5.74, 6) is -0.889. The first-order valence-corrected chi connectivity index (χ1v) is 33.9. The molecular formula is C74H126O6. The summed E-state index contributed by atoms with van der Waals surface area (Å²) < 4.78 is 17.0. The van der Waals surface area contributed by atoms with Crippen molar-refractivity contribution in [1.82, 2.24) is 0 Å². The molecule has 1 unspecified atom stereocenters. The number of allylic oxidation sites excluding steroid dienone is 18. The summed E-state index contributed by atoms with van der Waals surface area (Å²) in [6.45, 7) is 6.43. The summed E-state index contributed by atoms with van der Waals surface area (Å²) in [5, 5.41) is 0. The average molecular weight is 1110 g/mol. The van der Waals surface area contributed by atoms with Gasteiger partial charge in [0.1, 0.15) is 13.2 Å². The molecule has 0 radical (unpaired) electrons. The Hall–Kier alpha value is -3.93. The highest BCUT2D eigenvalue weighted by molar-refractivity contribution is 5.71. The summed E-state index contributed by atoms with van der Waals surface area (Å²) >= 11 is 0. The molecule has 1 atom stereocenters. The number of carbonyl (C=O) groups is 3. The smallest absolute Gasteiger partial charge is 0.306 e. The lowest BCUT2D eigenvalue weighted by Gasteiger charge is -2.18. The molecule has 0 amide bonds. The second kappa shape index (κ2) is 67.6. The molecule has 0 aromatic heterocycles. The molecule has 0 aromatic carbocycles. The van der Waals surface area contributed by atoms with Gasteiger partial charge in [-0.3, -0.25) is 14.4 Å². The second-order valence-corrected chi connectivity index (χ2v) is 22.3. The van der Waals surface area contributed by atoms with Gasteiger partial charge in [-0.2, -0.15) is 0 Å². The highest BCUT2D eigenvalue weighted by atomic mass is 16.6. The van der Waals surface area contributed by atoms with E-state index in [2.05, 4.69) is 130 Å². The summed E-state index contributed by atoms with van der Waals surface area (Å²) in [4.78, 5) is 38.5. The molecule has 0 rings (SSSR count). The lowest BCUT2D eigenvalue weighted by Crippen LogP contribution is -2.30. The van der Waals surface area contributed by atoms with Gasteiger partial charge in [-0.15, -0.1) is 0 Å². The Morgan fingerprint density at radius 1 is 0.263 bits per heavy atom. The zero-order chi connectivity index (χ0) is 57.8. The van der Waals surface area contributed by atoms with Crippen molar-refractivity contribution in [3.63, 3.8) is 0 Å². The van der Waals surface area contributed by atoms with E-state index in [0.29, 0.717) is 19.3 Å². The number of carbonyl (C=O) groups excluding carboxylic acids is 3. The Balaban J connectivity index is 4.40. The van der Waals surface area contributed by atoms with Crippen LogP contribution in [0, 0.1) is 0 Å². The second-order valence-electron chi connectivity index (χ2n) is 22.3. The van der Waals surface area contributed by atoms with E-state index in [4.69, 9.17) is 14.2 Å². The number of hydrogen-bond acceptors (Lipinski definition) is 6. The van der Waals surface area contributed by atoms with Gasteiger partial charge in [0.2, 0.25) is 0 Å². The first kappa shape index (κ1) is 76.1. The van der Waals surface area contributed by atoms with Gasteiger partial charge < -0.3 is 14.2 Å². The van der Waals surface area contributed by atoms with E-state index in [9.17, 15) is 14.4 Å². The van der Waals surface area contributed by atoms with Gasteiger partial charge in [-0.25, -0.2) is 0 Å². The molecule has 0 aliphatic heterocycles. The molecule has 6 heteroatoms. The van der Waals surface area contributed by atoms with Crippen LogP contribution in [0.15, 0.2) is 109 Å². The standard InChI is InChI=1S/C74H126O6/c1-4-7-10-13-16-19-22-25-28-31-34-36-37-39-40-43-46-49-52-55-58-61-64-67-73(76)79-70-71(69-78-72(75)66-63-60-57-54-51-48-45-42-33-30-27-24-21-18-15-12-9-6-3)80-74(77)68-65-62-59-56-53-50-47-44-41-38-35-32-29-26-23-20-17-14-11-8-5-2/h7-8,10-11,16-17,19-20,25-26,28-30,33-36,38,71H,4-6,9,12-15,18,21-24,27,31-32,37,39-70H2,1-3H3/b10-7-,11-8-,19-16-,20-17-,28-25-,29-26-,33-30-,36-34-,38-35-. The van der Waals surface area contributed by atoms with Crippen LogP contribution in [0.1, 0.15) is 323 Å². The Kier molecular flexibility index (Phi) is 64.3. The molecule has 6 nitrogen and oxygen atoms in total. The number of rotatable bonds is 61. The van der Waals surface area contributed by atoms with Gasteiger partial charge >= 0.3 is 17.9 Å². The normalized spacial score (nSPS) is 12.8. The van der Waals surface area contributed by atoms with Gasteiger partial charge in [0.05, 0.1) is 0 Å². The fourth-order valence-corrected chi connectivity index (χ4v) is 9.48.